The Hall–Kier alpha value is -1.62. The Bertz CT molecular complexity index is 630. The number of nitrogens with one attached hydrogen (secondary N) is 1. The van der Waals surface area contributed by atoms with Gasteiger partial charge in [0.05, 0.1) is 11.3 Å². The first kappa shape index (κ1) is 14.8. The van der Waals surface area contributed by atoms with Crippen molar-refractivity contribution >= 4 is 16.5 Å². The summed E-state index contributed by atoms with van der Waals surface area (Å²) in [5, 5.41) is 6.05. The van der Waals surface area contributed by atoms with Gasteiger partial charge in [0.1, 0.15) is 0 Å². The van der Waals surface area contributed by atoms with Gasteiger partial charge < -0.3 is 9.88 Å². The molecule has 0 aliphatic carbocycles. The minimum absolute atomic E-state index is 0.0308. The van der Waals surface area contributed by atoms with E-state index in [1.54, 1.807) is 4.57 Å². The highest BCUT2D eigenvalue weighted by Gasteiger charge is 2.12. The predicted molar refractivity (Wildman–Crippen MR) is 85.6 cm³/mol. The summed E-state index contributed by atoms with van der Waals surface area (Å²) in [5.41, 5.74) is 1.45. The topological polar surface area (TPSA) is 46.9 Å². The summed E-state index contributed by atoms with van der Waals surface area (Å²) in [6, 6.07) is 4.30. The molecule has 1 unspecified atom stereocenters. The maximum Gasteiger partial charge on any atom is 0.260 e. The number of hydrogen-bond acceptors (Lipinski definition) is 4. The maximum absolute atomic E-state index is 12.5. The van der Waals surface area contributed by atoms with E-state index in [0.717, 1.165) is 17.2 Å². The lowest BCUT2D eigenvalue weighted by atomic mass is 10.2. The van der Waals surface area contributed by atoms with E-state index in [2.05, 4.69) is 38.0 Å². The highest BCUT2D eigenvalue weighted by atomic mass is 32.1. The van der Waals surface area contributed by atoms with Crippen molar-refractivity contribution in [3.8, 4) is 11.3 Å². The fraction of sp³-hybridized carbons (Fsp3) is 0.467. The molecule has 0 aliphatic heterocycles. The molecule has 0 spiro atoms. The quantitative estimate of drug-likeness (QED) is 0.912. The van der Waals surface area contributed by atoms with Crippen molar-refractivity contribution in [2.75, 3.05) is 5.32 Å². The molecule has 0 amide bonds. The summed E-state index contributed by atoms with van der Waals surface area (Å²) < 4.78 is 1.78. The molecule has 0 saturated carbocycles. The van der Waals surface area contributed by atoms with Gasteiger partial charge in [-0.05, 0) is 39.3 Å². The van der Waals surface area contributed by atoms with Crippen LogP contribution in [0, 0.1) is 0 Å². The Morgan fingerprint density at radius 1 is 1.40 bits per heavy atom. The van der Waals surface area contributed by atoms with Crippen molar-refractivity contribution in [2.45, 2.75) is 46.2 Å². The van der Waals surface area contributed by atoms with Crippen molar-refractivity contribution in [3.63, 3.8) is 0 Å². The lowest BCUT2D eigenvalue weighted by molar-refractivity contribution is 0.515. The average molecular weight is 291 g/mol. The van der Waals surface area contributed by atoms with Crippen LogP contribution in [0.15, 0.2) is 28.5 Å². The molecule has 0 fully saturated rings. The fourth-order valence-electron chi connectivity index (χ4n) is 1.96. The van der Waals surface area contributed by atoms with E-state index >= 15 is 0 Å². The van der Waals surface area contributed by atoms with Crippen molar-refractivity contribution in [1.82, 2.24) is 9.55 Å². The molecule has 0 aromatic carbocycles. The minimum atomic E-state index is 0.0308. The molecule has 20 heavy (non-hydrogen) atoms. The monoisotopic (exact) mass is 291 g/mol. The second-order valence-electron chi connectivity index (χ2n) is 5.23. The molecule has 0 aliphatic rings. The van der Waals surface area contributed by atoms with Gasteiger partial charge in [-0.15, -0.1) is 11.3 Å². The molecular weight excluding hydrogens is 270 g/mol. The Labute approximate surface area is 123 Å². The van der Waals surface area contributed by atoms with Crippen molar-refractivity contribution in [2.24, 2.45) is 0 Å². The van der Waals surface area contributed by atoms with Crippen LogP contribution in [0.2, 0.25) is 0 Å². The first-order chi connectivity index (χ1) is 9.52. The number of nitrogens with zero attached hydrogens (tertiary/aromatic N) is 2. The third kappa shape index (κ3) is 3.10. The molecular formula is C15H21N3OS. The molecule has 2 heterocycles. The lowest BCUT2D eigenvalue weighted by Gasteiger charge is -2.13. The zero-order chi connectivity index (χ0) is 14.7. The molecule has 108 valence electrons. The zero-order valence-corrected chi connectivity index (χ0v) is 13.2. The Morgan fingerprint density at radius 2 is 2.15 bits per heavy atom. The number of anilines is 1. The largest absolute Gasteiger partial charge is 0.359 e. The summed E-state index contributed by atoms with van der Waals surface area (Å²) >= 11 is 1.53. The molecule has 0 radical (unpaired) electrons. The van der Waals surface area contributed by atoms with E-state index < -0.39 is 0 Å². The SMILES string of the molecule is CCC(C)n1cccc(-c2csc(NC(C)C)n2)c1=O. The van der Waals surface area contributed by atoms with Gasteiger partial charge in [-0.25, -0.2) is 4.98 Å². The maximum atomic E-state index is 12.5. The number of hydrogen-bond donors (Lipinski definition) is 1. The summed E-state index contributed by atoms with van der Waals surface area (Å²) in [5.74, 6) is 0. The van der Waals surface area contributed by atoms with Crippen molar-refractivity contribution in [1.29, 1.82) is 0 Å². The molecule has 2 aromatic rings. The third-order valence-electron chi connectivity index (χ3n) is 3.23. The van der Waals surface area contributed by atoms with Gasteiger partial charge in [0.2, 0.25) is 0 Å². The molecule has 1 atom stereocenters. The van der Waals surface area contributed by atoms with Crippen LogP contribution in [-0.2, 0) is 0 Å². The van der Waals surface area contributed by atoms with E-state index in [1.165, 1.54) is 11.3 Å². The second-order valence-corrected chi connectivity index (χ2v) is 6.09. The van der Waals surface area contributed by atoms with Gasteiger partial charge in [0, 0.05) is 23.7 Å². The van der Waals surface area contributed by atoms with Gasteiger partial charge in [-0.3, -0.25) is 4.79 Å². The van der Waals surface area contributed by atoms with Crippen molar-refractivity contribution in [3.05, 3.63) is 34.1 Å². The summed E-state index contributed by atoms with van der Waals surface area (Å²) in [6.07, 6.45) is 2.78. The zero-order valence-electron chi connectivity index (χ0n) is 12.4. The lowest BCUT2D eigenvalue weighted by Crippen LogP contribution is -2.23. The number of aromatic nitrogens is 2. The van der Waals surface area contributed by atoms with Crippen LogP contribution in [0.5, 0.6) is 0 Å². The Balaban J connectivity index is 2.38. The molecule has 2 rings (SSSR count). The molecule has 0 saturated heterocycles. The van der Waals surface area contributed by atoms with E-state index in [1.807, 2.05) is 23.7 Å². The van der Waals surface area contributed by atoms with Crippen LogP contribution in [-0.4, -0.2) is 15.6 Å². The van der Waals surface area contributed by atoms with Gasteiger partial charge in [-0.2, -0.15) is 0 Å². The summed E-state index contributed by atoms with van der Waals surface area (Å²) in [7, 11) is 0. The molecule has 1 N–H and O–H groups in total. The highest BCUT2D eigenvalue weighted by Crippen LogP contribution is 2.23. The van der Waals surface area contributed by atoms with Crippen LogP contribution in [0.4, 0.5) is 5.13 Å². The van der Waals surface area contributed by atoms with Crippen LogP contribution < -0.4 is 10.9 Å². The molecule has 4 nitrogen and oxygen atoms in total. The first-order valence-electron chi connectivity index (χ1n) is 6.96. The number of thiazole rings is 1. The van der Waals surface area contributed by atoms with Crippen LogP contribution in [0.1, 0.15) is 40.2 Å². The Morgan fingerprint density at radius 3 is 2.80 bits per heavy atom. The third-order valence-corrected chi connectivity index (χ3v) is 4.01. The van der Waals surface area contributed by atoms with E-state index in [4.69, 9.17) is 0 Å². The average Bonchev–Trinajstić information content (AvgIpc) is 2.85. The second kappa shape index (κ2) is 6.22. The summed E-state index contributed by atoms with van der Waals surface area (Å²) in [6.45, 7) is 8.27. The minimum Gasteiger partial charge on any atom is -0.359 e. The van der Waals surface area contributed by atoms with E-state index in [0.29, 0.717) is 11.6 Å². The number of pyridine rings is 1. The van der Waals surface area contributed by atoms with E-state index in [9.17, 15) is 4.79 Å². The normalized spacial score (nSPS) is 12.7. The Kier molecular flexibility index (Phi) is 4.60. The molecule has 0 bridgehead atoms. The van der Waals surface area contributed by atoms with Gasteiger partial charge in [0.15, 0.2) is 5.13 Å². The summed E-state index contributed by atoms with van der Waals surface area (Å²) in [4.78, 5) is 17.0. The van der Waals surface area contributed by atoms with Gasteiger partial charge >= 0.3 is 0 Å². The molecule has 5 heteroatoms. The van der Waals surface area contributed by atoms with Crippen LogP contribution in [0.25, 0.3) is 11.3 Å². The predicted octanol–water partition coefficient (Wildman–Crippen LogP) is 3.76. The smallest absolute Gasteiger partial charge is 0.260 e. The fourth-order valence-corrected chi connectivity index (χ4v) is 2.82. The first-order valence-corrected chi connectivity index (χ1v) is 7.84. The standard InChI is InChI=1S/C15H21N3OS/c1-5-11(4)18-8-6-7-12(14(18)19)13-9-20-15(17-13)16-10(2)3/h6-11H,5H2,1-4H3,(H,16,17). The van der Waals surface area contributed by atoms with E-state index in [-0.39, 0.29) is 11.6 Å². The van der Waals surface area contributed by atoms with Crippen LogP contribution in [0.3, 0.4) is 0 Å². The van der Waals surface area contributed by atoms with Crippen LogP contribution >= 0.6 is 11.3 Å². The van der Waals surface area contributed by atoms with Gasteiger partial charge in [0.25, 0.3) is 5.56 Å². The molecule has 2 aromatic heterocycles. The highest BCUT2D eigenvalue weighted by molar-refractivity contribution is 7.14. The number of rotatable bonds is 5. The van der Waals surface area contributed by atoms with Crippen molar-refractivity contribution < 1.29 is 0 Å². The van der Waals surface area contributed by atoms with Gasteiger partial charge in [-0.1, -0.05) is 6.92 Å².